The number of hydrogen-bond acceptors (Lipinski definition) is 5. The van der Waals surface area contributed by atoms with Gasteiger partial charge >= 0.3 is 11.8 Å². The second-order valence-electron chi connectivity index (χ2n) is 5.61. The van der Waals surface area contributed by atoms with Crippen molar-refractivity contribution in [3.8, 4) is 11.4 Å². The van der Waals surface area contributed by atoms with Gasteiger partial charge < -0.3 is 20.1 Å². The van der Waals surface area contributed by atoms with Crippen LogP contribution < -0.4 is 10.6 Å². The minimum absolute atomic E-state index is 0.00718. The van der Waals surface area contributed by atoms with Gasteiger partial charge in [-0.05, 0) is 38.1 Å². The first kappa shape index (κ1) is 15.7. The fourth-order valence-electron chi connectivity index (χ4n) is 2.23. The van der Waals surface area contributed by atoms with E-state index in [9.17, 15) is 9.59 Å². The van der Waals surface area contributed by atoms with E-state index in [1.54, 1.807) is 0 Å². The highest BCUT2D eigenvalue weighted by molar-refractivity contribution is 5.93. The number of nitrogens with zero attached hydrogens (tertiary/aromatic N) is 2. The number of aromatic nitrogens is 3. The predicted molar refractivity (Wildman–Crippen MR) is 87.2 cm³/mol. The SMILES string of the molecule is CC(C)NC(=O)CNC(=O)c1nc(-c2ccc3[nH]ccc3c2)no1. The Balaban J connectivity index is 1.68. The van der Waals surface area contributed by atoms with E-state index >= 15 is 0 Å². The molecule has 3 rings (SSSR count). The van der Waals surface area contributed by atoms with Gasteiger partial charge in [0.1, 0.15) is 0 Å². The summed E-state index contributed by atoms with van der Waals surface area (Å²) in [6, 6.07) is 7.57. The Bertz CT molecular complexity index is 881. The molecule has 0 fully saturated rings. The third-order valence-electron chi connectivity index (χ3n) is 3.29. The van der Waals surface area contributed by atoms with Gasteiger partial charge in [0, 0.05) is 28.7 Å². The van der Waals surface area contributed by atoms with E-state index in [1.165, 1.54) is 0 Å². The van der Waals surface area contributed by atoms with Crippen LogP contribution in [-0.4, -0.2) is 39.5 Å². The largest absolute Gasteiger partial charge is 0.361 e. The van der Waals surface area contributed by atoms with Crippen LogP contribution in [0.15, 0.2) is 35.0 Å². The summed E-state index contributed by atoms with van der Waals surface area (Å²) in [4.78, 5) is 30.7. The van der Waals surface area contributed by atoms with Gasteiger partial charge in [0.25, 0.3) is 0 Å². The van der Waals surface area contributed by atoms with E-state index in [0.29, 0.717) is 5.82 Å². The summed E-state index contributed by atoms with van der Waals surface area (Å²) < 4.78 is 4.98. The van der Waals surface area contributed by atoms with Crippen LogP contribution >= 0.6 is 0 Å². The number of H-pyrrole nitrogens is 1. The summed E-state index contributed by atoms with van der Waals surface area (Å²) >= 11 is 0. The van der Waals surface area contributed by atoms with Crippen LogP contribution in [0.3, 0.4) is 0 Å². The smallest absolute Gasteiger partial charge is 0.316 e. The number of hydrogen-bond donors (Lipinski definition) is 3. The van der Waals surface area contributed by atoms with Gasteiger partial charge in [-0.25, -0.2) is 0 Å². The molecule has 0 radical (unpaired) electrons. The molecule has 0 aliphatic heterocycles. The Morgan fingerprint density at radius 2 is 2.12 bits per heavy atom. The van der Waals surface area contributed by atoms with Crippen LogP contribution in [-0.2, 0) is 4.79 Å². The number of carbonyl (C=O) groups is 2. The molecular formula is C16H17N5O3. The second kappa shape index (κ2) is 6.53. The normalized spacial score (nSPS) is 11.0. The molecule has 24 heavy (non-hydrogen) atoms. The quantitative estimate of drug-likeness (QED) is 0.657. The highest BCUT2D eigenvalue weighted by atomic mass is 16.5. The molecule has 0 aliphatic carbocycles. The van der Waals surface area contributed by atoms with Crippen molar-refractivity contribution in [2.24, 2.45) is 0 Å². The topological polar surface area (TPSA) is 113 Å². The monoisotopic (exact) mass is 327 g/mol. The number of benzene rings is 1. The zero-order chi connectivity index (χ0) is 17.1. The zero-order valence-electron chi connectivity index (χ0n) is 13.3. The molecule has 3 N–H and O–H groups in total. The Kier molecular flexibility index (Phi) is 4.28. The molecule has 8 heteroatoms. The van der Waals surface area contributed by atoms with E-state index in [0.717, 1.165) is 16.5 Å². The molecule has 0 saturated carbocycles. The van der Waals surface area contributed by atoms with Crippen LogP contribution in [0.5, 0.6) is 0 Å². The van der Waals surface area contributed by atoms with Crippen molar-refractivity contribution in [3.05, 3.63) is 36.4 Å². The average Bonchev–Trinajstić information content (AvgIpc) is 3.20. The van der Waals surface area contributed by atoms with Crippen LogP contribution in [0.25, 0.3) is 22.3 Å². The van der Waals surface area contributed by atoms with Gasteiger partial charge in [-0.2, -0.15) is 4.98 Å². The van der Waals surface area contributed by atoms with E-state index in [1.807, 2.05) is 44.3 Å². The number of aromatic amines is 1. The molecule has 1 aromatic carbocycles. The predicted octanol–water partition coefficient (Wildman–Crippen LogP) is 1.47. The van der Waals surface area contributed by atoms with E-state index < -0.39 is 5.91 Å². The number of nitrogens with one attached hydrogen (secondary N) is 3. The molecule has 0 spiro atoms. The van der Waals surface area contributed by atoms with Crippen molar-refractivity contribution in [1.29, 1.82) is 0 Å². The first-order valence-electron chi connectivity index (χ1n) is 7.51. The number of rotatable bonds is 5. The van der Waals surface area contributed by atoms with Gasteiger partial charge in [0.2, 0.25) is 11.7 Å². The Hall–Kier alpha value is -3.16. The van der Waals surface area contributed by atoms with Crippen molar-refractivity contribution < 1.29 is 14.1 Å². The molecule has 0 bridgehead atoms. The molecule has 2 heterocycles. The molecule has 2 amide bonds. The highest BCUT2D eigenvalue weighted by Gasteiger charge is 2.17. The number of amides is 2. The third-order valence-corrected chi connectivity index (χ3v) is 3.29. The summed E-state index contributed by atoms with van der Waals surface area (Å²) in [7, 11) is 0. The molecule has 8 nitrogen and oxygen atoms in total. The minimum Gasteiger partial charge on any atom is -0.361 e. The van der Waals surface area contributed by atoms with Crippen LogP contribution in [0.1, 0.15) is 24.5 Å². The van der Waals surface area contributed by atoms with Gasteiger partial charge in [0.15, 0.2) is 0 Å². The molecule has 3 aromatic rings. The first-order chi connectivity index (χ1) is 11.5. The van der Waals surface area contributed by atoms with Gasteiger partial charge in [-0.1, -0.05) is 5.16 Å². The van der Waals surface area contributed by atoms with Crippen molar-refractivity contribution in [2.75, 3.05) is 6.54 Å². The molecule has 0 saturated heterocycles. The zero-order valence-corrected chi connectivity index (χ0v) is 13.3. The molecule has 124 valence electrons. The minimum atomic E-state index is -0.588. The summed E-state index contributed by atoms with van der Waals surface area (Å²) in [5.74, 6) is -0.738. The van der Waals surface area contributed by atoms with Crippen molar-refractivity contribution >= 4 is 22.7 Å². The average molecular weight is 327 g/mol. The fourth-order valence-corrected chi connectivity index (χ4v) is 2.23. The standard InChI is InChI=1S/C16H17N5O3/c1-9(2)19-13(22)8-18-15(23)16-20-14(21-24-16)11-3-4-12-10(7-11)5-6-17-12/h3-7,9,17H,8H2,1-2H3,(H,18,23)(H,19,22). The first-order valence-corrected chi connectivity index (χ1v) is 7.51. The Morgan fingerprint density at radius 1 is 1.29 bits per heavy atom. The van der Waals surface area contributed by atoms with Gasteiger partial charge in [-0.15, -0.1) is 0 Å². The maximum Gasteiger partial charge on any atom is 0.316 e. The number of fused-ring (bicyclic) bond motifs is 1. The van der Waals surface area contributed by atoms with E-state index in [4.69, 9.17) is 4.52 Å². The molecule has 0 aliphatic rings. The van der Waals surface area contributed by atoms with Crippen LogP contribution in [0, 0.1) is 0 Å². The second-order valence-corrected chi connectivity index (χ2v) is 5.61. The molecule has 0 atom stereocenters. The Labute approximate surface area is 137 Å². The van der Waals surface area contributed by atoms with Crippen molar-refractivity contribution in [1.82, 2.24) is 25.8 Å². The summed E-state index contributed by atoms with van der Waals surface area (Å²) in [6.07, 6.45) is 1.84. The Morgan fingerprint density at radius 3 is 2.92 bits per heavy atom. The van der Waals surface area contributed by atoms with Crippen molar-refractivity contribution in [2.45, 2.75) is 19.9 Å². The summed E-state index contributed by atoms with van der Waals surface area (Å²) in [5, 5.41) is 9.94. The summed E-state index contributed by atoms with van der Waals surface area (Å²) in [5.41, 5.74) is 1.74. The molecular weight excluding hydrogens is 310 g/mol. The lowest BCUT2D eigenvalue weighted by Crippen LogP contribution is -2.39. The fraction of sp³-hybridized carbons (Fsp3) is 0.250. The summed E-state index contributed by atoms with van der Waals surface area (Å²) in [6.45, 7) is 3.53. The maximum absolute atomic E-state index is 12.0. The molecule has 0 unspecified atom stereocenters. The lowest BCUT2D eigenvalue weighted by atomic mass is 10.1. The van der Waals surface area contributed by atoms with E-state index in [2.05, 4.69) is 25.8 Å². The lowest BCUT2D eigenvalue weighted by Gasteiger charge is -2.07. The molecule has 2 aromatic heterocycles. The van der Waals surface area contributed by atoms with Crippen molar-refractivity contribution in [3.63, 3.8) is 0 Å². The van der Waals surface area contributed by atoms with Gasteiger partial charge in [0.05, 0.1) is 6.54 Å². The highest BCUT2D eigenvalue weighted by Crippen LogP contribution is 2.21. The number of carbonyl (C=O) groups excluding carboxylic acids is 2. The third kappa shape index (κ3) is 3.43. The van der Waals surface area contributed by atoms with Crippen LogP contribution in [0.4, 0.5) is 0 Å². The van der Waals surface area contributed by atoms with E-state index in [-0.39, 0.29) is 24.4 Å². The van der Waals surface area contributed by atoms with Gasteiger partial charge in [-0.3, -0.25) is 9.59 Å². The lowest BCUT2D eigenvalue weighted by molar-refractivity contribution is -0.120. The van der Waals surface area contributed by atoms with Crippen LogP contribution in [0.2, 0.25) is 0 Å². The maximum atomic E-state index is 12.0.